The molecule has 0 aromatic heterocycles. The Bertz CT molecular complexity index is 342. The minimum Gasteiger partial charge on any atom is -0.370 e. The predicted octanol–water partition coefficient (Wildman–Crippen LogP) is 2.26. The van der Waals surface area contributed by atoms with Gasteiger partial charge in [0, 0.05) is 17.6 Å². The molecule has 1 saturated heterocycles. The Balaban J connectivity index is 2.20. The zero-order valence-electron chi connectivity index (χ0n) is 9.03. The third kappa shape index (κ3) is 2.19. The van der Waals surface area contributed by atoms with Crippen molar-refractivity contribution in [2.75, 3.05) is 6.61 Å². The molecule has 0 amide bonds. The van der Waals surface area contributed by atoms with Crippen molar-refractivity contribution < 1.29 is 9.13 Å². The van der Waals surface area contributed by atoms with Crippen LogP contribution in [0.3, 0.4) is 0 Å². The van der Waals surface area contributed by atoms with E-state index in [1.165, 1.54) is 6.07 Å². The highest BCUT2D eigenvalue weighted by molar-refractivity contribution is 5.21. The lowest BCUT2D eigenvalue weighted by Crippen LogP contribution is -2.47. The number of ether oxygens (including phenoxy) is 1. The molecule has 0 saturated carbocycles. The fourth-order valence-electron chi connectivity index (χ4n) is 2.04. The fourth-order valence-corrected chi connectivity index (χ4v) is 2.04. The van der Waals surface area contributed by atoms with Crippen molar-refractivity contribution in [2.45, 2.75) is 32.0 Å². The zero-order valence-corrected chi connectivity index (χ0v) is 9.03. The monoisotopic (exact) mass is 209 g/mol. The van der Waals surface area contributed by atoms with Crippen molar-refractivity contribution in [1.82, 2.24) is 5.32 Å². The molecule has 15 heavy (non-hydrogen) atoms. The molecule has 1 N–H and O–H groups in total. The Hall–Kier alpha value is -0.930. The van der Waals surface area contributed by atoms with Crippen molar-refractivity contribution in [2.24, 2.45) is 0 Å². The number of hydrogen-bond donors (Lipinski definition) is 1. The summed E-state index contributed by atoms with van der Waals surface area (Å²) in [5.74, 6) is -0.189. The number of morpholine rings is 1. The largest absolute Gasteiger partial charge is 0.370 e. The second-order valence-corrected chi connectivity index (χ2v) is 4.13. The van der Waals surface area contributed by atoms with Crippen molar-refractivity contribution in [3.8, 4) is 0 Å². The van der Waals surface area contributed by atoms with Crippen molar-refractivity contribution in [3.63, 3.8) is 0 Å². The molecule has 0 spiro atoms. The van der Waals surface area contributed by atoms with Gasteiger partial charge in [-0.05, 0) is 19.9 Å². The molecule has 1 fully saturated rings. The highest BCUT2D eigenvalue weighted by atomic mass is 19.1. The van der Waals surface area contributed by atoms with Gasteiger partial charge in [0.2, 0.25) is 0 Å². The number of rotatable bonds is 1. The van der Waals surface area contributed by atoms with Gasteiger partial charge in [-0.15, -0.1) is 0 Å². The molecule has 82 valence electrons. The molecule has 1 aromatic carbocycles. The second kappa shape index (κ2) is 4.29. The molecule has 0 unspecified atom stereocenters. The topological polar surface area (TPSA) is 21.3 Å². The van der Waals surface area contributed by atoms with Gasteiger partial charge in [-0.2, -0.15) is 0 Å². The maximum absolute atomic E-state index is 13.5. The van der Waals surface area contributed by atoms with E-state index in [1.807, 2.05) is 13.0 Å². The molecule has 1 aliphatic rings. The van der Waals surface area contributed by atoms with E-state index in [1.54, 1.807) is 12.1 Å². The van der Waals surface area contributed by atoms with Crippen LogP contribution in [0, 0.1) is 5.82 Å². The summed E-state index contributed by atoms with van der Waals surface area (Å²) >= 11 is 0. The van der Waals surface area contributed by atoms with Gasteiger partial charge in [-0.1, -0.05) is 18.2 Å². The van der Waals surface area contributed by atoms with E-state index in [9.17, 15) is 4.39 Å². The molecule has 3 heteroatoms. The van der Waals surface area contributed by atoms with E-state index >= 15 is 0 Å². The molecule has 3 atom stereocenters. The van der Waals surface area contributed by atoms with Crippen LogP contribution in [0.5, 0.6) is 0 Å². The van der Waals surface area contributed by atoms with Crippen LogP contribution < -0.4 is 5.32 Å². The standard InChI is InChI=1S/C12H16FNO/c1-8-7-15-12(9(2)14-8)10-5-3-4-6-11(10)13/h3-6,8-9,12,14H,7H2,1-2H3/t8-,9+,12-/m0/s1. The minimum atomic E-state index is -0.189. The van der Waals surface area contributed by atoms with Crippen LogP contribution in [-0.4, -0.2) is 18.7 Å². The Labute approximate surface area is 89.4 Å². The zero-order chi connectivity index (χ0) is 10.8. The number of nitrogens with one attached hydrogen (secondary N) is 1. The van der Waals surface area contributed by atoms with Crippen LogP contribution in [0.2, 0.25) is 0 Å². The number of halogens is 1. The second-order valence-electron chi connectivity index (χ2n) is 4.13. The van der Waals surface area contributed by atoms with Gasteiger partial charge in [-0.25, -0.2) is 4.39 Å². The molecule has 2 nitrogen and oxygen atoms in total. The van der Waals surface area contributed by atoms with Crippen LogP contribution in [0.1, 0.15) is 25.5 Å². The van der Waals surface area contributed by atoms with E-state index in [2.05, 4.69) is 12.2 Å². The lowest BCUT2D eigenvalue weighted by Gasteiger charge is -2.34. The van der Waals surface area contributed by atoms with E-state index in [0.717, 1.165) is 0 Å². The summed E-state index contributed by atoms with van der Waals surface area (Å²) in [6.45, 7) is 4.71. The maximum atomic E-state index is 13.5. The van der Waals surface area contributed by atoms with Gasteiger partial charge < -0.3 is 10.1 Å². The predicted molar refractivity (Wildman–Crippen MR) is 57.2 cm³/mol. The molecule has 1 heterocycles. The van der Waals surface area contributed by atoms with Gasteiger partial charge in [0.25, 0.3) is 0 Å². The average molecular weight is 209 g/mol. The van der Waals surface area contributed by atoms with Crippen LogP contribution in [0.4, 0.5) is 4.39 Å². The Morgan fingerprint density at radius 3 is 2.73 bits per heavy atom. The molecular weight excluding hydrogens is 193 g/mol. The SMILES string of the molecule is C[C@H]1CO[C@H](c2ccccc2F)[C@@H](C)N1. The van der Waals surface area contributed by atoms with Gasteiger partial charge >= 0.3 is 0 Å². The van der Waals surface area contributed by atoms with E-state index in [-0.39, 0.29) is 18.0 Å². The van der Waals surface area contributed by atoms with Crippen LogP contribution in [-0.2, 0) is 4.74 Å². The highest BCUT2D eigenvalue weighted by Crippen LogP contribution is 2.26. The van der Waals surface area contributed by atoms with E-state index < -0.39 is 0 Å². The summed E-state index contributed by atoms with van der Waals surface area (Å²) < 4.78 is 19.2. The lowest BCUT2D eigenvalue weighted by atomic mass is 10.0. The maximum Gasteiger partial charge on any atom is 0.129 e. The first-order valence-electron chi connectivity index (χ1n) is 5.30. The summed E-state index contributed by atoms with van der Waals surface area (Å²) in [6.07, 6.45) is -0.178. The molecule has 0 aliphatic carbocycles. The van der Waals surface area contributed by atoms with Crippen LogP contribution in [0.25, 0.3) is 0 Å². The van der Waals surface area contributed by atoms with Crippen molar-refractivity contribution >= 4 is 0 Å². The summed E-state index contributed by atoms with van der Waals surface area (Å²) in [5.41, 5.74) is 0.643. The molecule has 1 aromatic rings. The Kier molecular flexibility index (Phi) is 3.03. The molecule has 0 radical (unpaired) electrons. The Morgan fingerprint density at radius 1 is 1.33 bits per heavy atom. The average Bonchev–Trinajstić information content (AvgIpc) is 2.20. The summed E-state index contributed by atoms with van der Waals surface area (Å²) in [7, 11) is 0. The third-order valence-electron chi connectivity index (χ3n) is 2.74. The van der Waals surface area contributed by atoms with Crippen molar-refractivity contribution in [3.05, 3.63) is 35.6 Å². The molecule has 0 bridgehead atoms. The first-order valence-corrected chi connectivity index (χ1v) is 5.30. The third-order valence-corrected chi connectivity index (χ3v) is 2.74. The van der Waals surface area contributed by atoms with E-state index in [4.69, 9.17) is 4.74 Å². The highest BCUT2D eigenvalue weighted by Gasteiger charge is 2.28. The van der Waals surface area contributed by atoms with Gasteiger partial charge in [-0.3, -0.25) is 0 Å². The first-order chi connectivity index (χ1) is 7.18. The van der Waals surface area contributed by atoms with Crippen LogP contribution in [0.15, 0.2) is 24.3 Å². The van der Waals surface area contributed by atoms with Crippen LogP contribution >= 0.6 is 0 Å². The molecule has 1 aliphatic heterocycles. The minimum absolute atomic E-state index is 0.144. The van der Waals surface area contributed by atoms with Gasteiger partial charge in [0.05, 0.1) is 6.61 Å². The smallest absolute Gasteiger partial charge is 0.129 e. The lowest BCUT2D eigenvalue weighted by molar-refractivity contribution is -0.0225. The quantitative estimate of drug-likeness (QED) is 0.766. The summed E-state index contributed by atoms with van der Waals surface area (Å²) in [6, 6.07) is 7.28. The van der Waals surface area contributed by atoms with E-state index in [0.29, 0.717) is 18.2 Å². The van der Waals surface area contributed by atoms with Gasteiger partial charge in [0.15, 0.2) is 0 Å². The summed E-state index contributed by atoms with van der Waals surface area (Å²) in [5, 5.41) is 3.36. The van der Waals surface area contributed by atoms with Crippen molar-refractivity contribution in [1.29, 1.82) is 0 Å². The number of hydrogen-bond acceptors (Lipinski definition) is 2. The molecule has 2 rings (SSSR count). The normalized spacial score (nSPS) is 31.5. The van der Waals surface area contributed by atoms with Gasteiger partial charge in [0.1, 0.15) is 11.9 Å². The Morgan fingerprint density at radius 2 is 2.07 bits per heavy atom. The summed E-state index contributed by atoms with van der Waals surface area (Å²) in [4.78, 5) is 0. The number of benzene rings is 1. The molecular formula is C12H16FNO. The fraction of sp³-hybridized carbons (Fsp3) is 0.500. The first kappa shape index (κ1) is 10.6.